The molecular weight excluding hydrogens is 282 g/mol. The van der Waals surface area contributed by atoms with Gasteiger partial charge in [0.15, 0.2) is 0 Å². The quantitative estimate of drug-likeness (QED) is 0.712. The average Bonchev–Trinajstić information content (AvgIpc) is 2.52. The minimum atomic E-state index is 0.142. The van der Waals surface area contributed by atoms with Crippen molar-refractivity contribution >= 4 is 17.3 Å². The van der Waals surface area contributed by atoms with Gasteiger partial charge in [0.25, 0.3) is 0 Å². The van der Waals surface area contributed by atoms with Crippen LogP contribution in [0.2, 0.25) is 5.02 Å². The molecule has 0 N–H and O–H groups in total. The molecule has 2 aromatic rings. The van der Waals surface area contributed by atoms with Crippen molar-refractivity contribution in [1.29, 1.82) is 0 Å². The molecule has 0 fully saturated rings. The molecule has 0 heterocycles. The maximum atomic E-state index is 6.07. The van der Waals surface area contributed by atoms with E-state index in [2.05, 4.69) is 43.0 Å². The van der Waals surface area contributed by atoms with E-state index in [1.54, 1.807) is 0 Å². The second-order valence-electron chi connectivity index (χ2n) is 4.98. The molecule has 112 valence electrons. The maximum absolute atomic E-state index is 6.07. The molecule has 2 rings (SSSR count). The van der Waals surface area contributed by atoms with E-state index in [9.17, 15) is 0 Å². The lowest BCUT2D eigenvalue weighted by Crippen LogP contribution is -2.35. The van der Waals surface area contributed by atoms with Crippen molar-refractivity contribution in [2.45, 2.75) is 26.4 Å². The molecule has 21 heavy (non-hydrogen) atoms. The van der Waals surface area contributed by atoms with E-state index in [4.69, 9.17) is 16.3 Å². The van der Waals surface area contributed by atoms with E-state index in [-0.39, 0.29) is 6.10 Å². The van der Waals surface area contributed by atoms with Gasteiger partial charge in [0.05, 0.1) is 6.54 Å². The largest absolute Gasteiger partial charge is 0.489 e. The second kappa shape index (κ2) is 7.94. The molecule has 2 aromatic carbocycles. The summed E-state index contributed by atoms with van der Waals surface area (Å²) in [5.41, 5.74) is 1.23. The molecule has 0 spiro atoms. The van der Waals surface area contributed by atoms with Gasteiger partial charge >= 0.3 is 0 Å². The van der Waals surface area contributed by atoms with Gasteiger partial charge in [-0.1, -0.05) is 42.8 Å². The first-order valence-electron chi connectivity index (χ1n) is 7.45. The Bertz CT molecular complexity index is 544. The molecule has 0 aliphatic heterocycles. The highest BCUT2D eigenvalue weighted by Crippen LogP contribution is 2.21. The summed E-state index contributed by atoms with van der Waals surface area (Å²) in [6.07, 6.45) is 1.10. The van der Waals surface area contributed by atoms with Crippen LogP contribution in [-0.2, 0) is 0 Å². The normalized spacial score (nSPS) is 12.0. The summed E-state index contributed by atoms with van der Waals surface area (Å²) >= 11 is 6.01. The third-order valence-electron chi connectivity index (χ3n) is 3.48. The molecule has 0 saturated carbocycles. The van der Waals surface area contributed by atoms with Crippen LogP contribution in [-0.4, -0.2) is 19.2 Å². The van der Waals surface area contributed by atoms with Crippen LogP contribution < -0.4 is 9.64 Å². The number of hydrogen-bond donors (Lipinski definition) is 0. The summed E-state index contributed by atoms with van der Waals surface area (Å²) < 4.78 is 6.07. The fourth-order valence-corrected chi connectivity index (χ4v) is 2.46. The lowest BCUT2D eigenvalue weighted by Gasteiger charge is -2.28. The topological polar surface area (TPSA) is 12.5 Å². The first kappa shape index (κ1) is 15.7. The van der Waals surface area contributed by atoms with E-state index in [0.29, 0.717) is 5.02 Å². The fraction of sp³-hybridized carbons (Fsp3) is 0.333. The van der Waals surface area contributed by atoms with Crippen LogP contribution in [0.4, 0.5) is 5.69 Å². The van der Waals surface area contributed by atoms with Gasteiger partial charge in [-0.05, 0) is 43.7 Å². The molecule has 0 aromatic heterocycles. The Kier molecular flexibility index (Phi) is 5.94. The number of ether oxygens (including phenoxy) is 1. The molecule has 1 unspecified atom stereocenters. The highest BCUT2D eigenvalue weighted by atomic mass is 35.5. The molecule has 0 saturated heterocycles. The van der Waals surface area contributed by atoms with E-state index in [1.165, 1.54) is 5.69 Å². The van der Waals surface area contributed by atoms with Crippen LogP contribution in [0, 0.1) is 0 Å². The monoisotopic (exact) mass is 303 g/mol. The van der Waals surface area contributed by atoms with Crippen LogP contribution in [0.15, 0.2) is 54.6 Å². The molecular formula is C18H22ClNO. The van der Waals surface area contributed by atoms with E-state index < -0.39 is 0 Å². The number of likely N-dealkylation sites (N-methyl/N-ethyl adjacent to an activating group) is 1. The van der Waals surface area contributed by atoms with Crippen molar-refractivity contribution in [1.82, 2.24) is 0 Å². The first-order chi connectivity index (χ1) is 10.2. The van der Waals surface area contributed by atoms with Gasteiger partial charge in [0.1, 0.15) is 11.9 Å². The van der Waals surface area contributed by atoms with Crippen LogP contribution in [0.3, 0.4) is 0 Å². The summed E-state index contributed by atoms with van der Waals surface area (Å²) in [5.74, 6) is 0.832. The number of hydrogen-bond acceptors (Lipinski definition) is 2. The highest BCUT2D eigenvalue weighted by molar-refractivity contribution is 6.30. The van der Waals surface area contributed by atoms with Gasteiger partial charge in [-0.25, -0.2) is 0 Å². The van der Waals surface area contributed by atoms with Gasteiger partial charge in [-0.15, -0.1) is 0 Å². The summed E-state index contributed by atoms with van der Waals surface area (Å²) in [7, 11) is 0. The number of para-hydroxylation sites is 1. The third-order valence-corrected chi connectivity index (χ3v) is 3.72. The molecule has 0 aliphatic rings. The summed E-state index contributed by atoms with van der Waals surface area (Å²) in [5, 5.41) is 0.706. The Balaban J connectivity index is 2.04. The number of rotatable bonds is 7. The Morgan fingerprint density at radius 1 is 1.05 bits per heavy atom. The summed E-state index contributed by atoms with van der Waals surface area (Å²) in [6.45, 7) is 6.14. The van der Waals surface area contributed by atoms with Crippen molar-refractivity contribution < 1.29 is 4.74 Å². The van der Waals surface area contributed by atoms with Gasteiger partial charge in [-0.2, -0.15) is 0 Å². The smallest absolute Gasteiger partial charge is 0.121 e. The van der Waals surface area contributed by atoms with Crippen LogP contribution in [0.1, 0.15) is 20.3 Å². The average molecular weight is 304 g/mol. The molecule has 0 aliphatic carbocycles. The molecule has 0 radical (unpaired) electrons. The molecule has 0 amide bonds. The summed E-state index contributed by atoms with van der Waals surface area (Å²) in [6, 6.07) is 18.0. The van der Waals surface area contributed by atoms with Crippen molar-refractivity contribution in [2.24, 2.45) is 0 Å². The van der Waals surface area contributed by atoms with Crippen molar-refractivity contribution in [3.8, 4) is 5.75 Å². The van der Waals surface area contributed by atoms with Crippen LogP contribution in [0.25, 0.3) is 0 Å². The molecule has 3 heteroatoms. The van der Waals surface area contributed by atoms with Crippen molar-refractivity contribution in [2.75, 3.05) is 18.0 Å². The van der Waals surface area contributed by atoms with E-state index in [1.807, 2.05) is 30.3 Å². The maximum Gasteiger partial charge on any atom is 0.121 e. The number of anilines is 1. The van der Waals surface area contributed by atoms with Gasteiger partial charge < -0.3 is 9.64 Å². The fourth-order valence-electron chi connectivity index (χ4n) is 2.28. The molecule has 1 atom stereocenters. The minimum absolute atomic E-state index is 0.142. The highest BCUT2D eigenvalue weighted by Gasteiger charge is 2.14. The van der Waals surface area contributed by atoms with Gasteiger partial charge in [0, 0.05) is 17.3 Å². The standard InChI is InChI=1S/C18H22ClNO/c1-3-17(21-18-12-8-9-15(19)13-18)14-20(4-2)16-10-6-5-7-11-16/h5-13,17H,3-4,14H2,1-2H3. The molecule has 0 bridgehead atoms. The van der Waals surface area contributed by atoms with Crippen molar-refractivity contribution in [3.05, 3.63) is 59.6 Å². The Morgan fingerprint density at radius 3 is 2.43 bits per heavy atom. The zero-order valence-corrected chi connectivity index (χ0v) is 13.4. The number of benzene rings is 2. The van der Waals surface area contributed by atoms with E-state index >= 15 is 0 Å². The third kappa shape index (κ3) is 4.68. The summed E-state index contributed by atoms with van der Waals surface area (Å²) in [4.78, 5) is 2.33. The minimum Gasteiger partial charge on any atom is -0.489 e. The number of nitrogens with zero attached hydrogens (tertiary/aromatic N) is 1. The SMILES string of the molecule is CCC(CN(CC)c1ccccc1)Oc1cccc(Cl)c1. The Hall–Kier alpha value is -1.67. The van der Waals surface area contributed by atoms with Crippen LogP contribution in [0.5, 0.6) is 5.75 Å². The Labute approximate surface area is 132 Å². The van der Waals surface area contributed by atoms with Gasteiger partial charge in [-0.3, -0.25) is 0 Å². The number of halogens is 1. The first-order valence-corrected chi connectivity index (χ1v) is 7.83. The van der Waals surface area contributed by atoms with Gasteiger partial charge in [0.2, 0.25) is 0 Å². The second-order valence-corrected chi connectivity index (χ2v) is 5.42. The lowest BCUT2D eigenvalue weighted by atomic mass is 10.2. The van der Waals surface area contributed by atoms with Crippen LogP contribution >= 0.6 is 11.6 Å². The predicted molar refractivity (Wildman–Crippen MR) is 90.5 cm³/mol. The Morgan fingerprint density at radius 2 is 1.81 bits per heavy atom. The zero-order valence-electron chi connectivity index (χ0n) is 12.6. The predicted octanol–water partition coefficient (Wildman–Crippen LogP) is 5.02. The molecule has 2 nitrogen and oxygen atoms in total. The van der Waals surface area contributed by atoms with E-state index in [0.717, 1.165) is 25.3 Å². The zero-order chi connectivity index (χ0) is 15.1. The lowest BCUT2D eigenvalue weighted by molar-refractivity contribution is 0.202. The van der Waals surface area contributed by atoms with Crippen molar-refractivity contribution in [3.63, 3.8) is 0 Å².